The normalized spacial score (nSPS) is 20.4. The van der Waals surface area contributed by atoms with Crippen LogP contribution in [0.4, 0.5) is 0 Å². The quantitative estimate of drug-likeness (QED) is 0.772. The van der Waals surface area contributed by atoms with E-state index in [0.717, 1.165) is 12.0 Å². The van der Waals surface area contributed by atoms with Crippen molar-refractivity contribution < 1.29 is 4.52 Å². The van der Waals surface area contributed by atoms with Crippen LogP contribution in [0, 0.1) is 13.8 Å². The number of aromatic nitrogens is 3. The summed E-state index contributed by atoms with van der Waals surface area (Å²) >= 11 is 0. The van der Waals surface area contributed by atoms with Crippen LogP contribution < -0.4 is 10.9 Å². The Bertz CT molecular complexity index is 846. The van der Waals surface area contributed by atoms with Crippen molar-refractivity contribution in [2.24, 2.45) is 0 Å². The minimum atomic E-state index is -0.00664. The molecule has 0 saturated carbocycles. The Labute approximate surface area is 140 Å². The Morgan fingerprint density at radius 3 is 2.83 bits per heavy atom. The van der Waals surface area contributed by atoms with Crippen LogP contribution in [-0.2, 0) is 0 Å². The van der Waals surface area contributed by atoms with Gasteiger partial charge in [-0.05, 0) is 43.5 Å². The van der Waals surface area contributed by atoms with Gasteiger partial charge in [-0.25, -0.2) is 10.9 Å². The summed E-state index contributed by atoms with van der Waals surface area (Å²) < 4.78 is 5.45. The molecule has 24 heavy (non-hydrogen) atoms. The van der Waals surface area contributed by atoms with Crippen LogP contribution in [0.15, 0.2) is 47.2 Å². The highest BCUT2D eigenvalue weighted by Crippen LogP contribution is 2.32. The summed E-state index contributed by atoms with van der Waals surface area (Å²) in [5.74, 6) is 1.16. The molecule has 122 valence electrons. The number of hydrogen-bond acceptors (Lipinski definition) is 6. The smallest absolute Gasteiger partial charge is 0.245 e. The zero-order chi connectivity index (χ0) is 16.5. The number of rotatable bonds is 3. The molecule has 2 aromatic heterocycles. The average Bonchev–Trinajstić information content (AvgIpc) is 3.27. The maximum atomic E-state index is 5.45. The standard InChI is InChI=1S/C18H19N5O/c1-11-5-6-12(2)14(8-11)15-9-16(22-21-15)18-20-17(23-24-18)13-4-3-7-19-10-13/h3-8,10,15-16,21-22H,9H2,1-2H3. The molecule has 4 rings (SSSR count). The minimum absolute atomic E-state index is 0.00664. The molecule has 1 aliphatic rings. The van der Waals surface area contributed by atoms with E-state index in [1.807, 2.05) is 12.1 Å². The van der Waals surface area contributed by atoms with Gasteiger partial charge in [-0.15, -0.1) is 0 Å². The molecule has 0 amide bonds. The fourth-order valence-corrected chi connectivity index (χ4v) is 3.05. The molecule has 0 aliphatic carbocycles. The number of aryl methyl sites for hydroxylation is 2. The number of pyridine rings is 1. The van der Waals surface area contributed by atoms with Crippen LogP contribution in [0.5, 0.6) is 0 Å². The molecule has 1 aliphatic heterocycles. The number of hydrogen-bond donors (Lipinski definition) is 2. The first kappa shape index (κ1) is 15.0. The van der Waals surface area contributed by atoms with Crippen molar-refractivity contribution in [3.63, 3.8) is 0 Å². The zero-order valence-electron chi connectivity index (χ0n) is 13.7. The molecule has 3 heterocycles. The summed E-state index contributed by atoms with van der Waals surface area (Å²) in [5, 5.41) is 4.07. The van der Waals surface area contributed by atoms with E-state index in [2.05, 4.69) is 58.0 Å². The third kappa shape index (κ3) is 2.81. The van der Waals surface area contributed by atoms with E-state index in [0.29, 0.717) is 11.7 Å². The van der Waals surface area contributed by atoms with Crippen molar-refractivity contribution in [2.45, 2.75) is 32.4 Å². The van der Waals surface area contributed by atoms with Gasteiger partial charge >= 0.3 is 0 Å². The first-order valence-electron chi connectivity index (χ1n) is 8.03. The fraction of sp³-hybridized carbons (Fsp3) is 0.278. The Morgan fingerprint density at radius 1 is 1.12 bits per heavy atom. The van der Waals surface area contributed by atoms with Gasteiger partial charge in [0.05, 0.1) is 0 Å². The minimum Gasteiger partial charge on any atom is -0.337 e. The Hall–Kier alpha value is -2.57. The van der Waals surface area contributed by atoms with Crippen LogP contribution >= 0.6 is 0 Å². The summed E-state index contributed by atoms with van der Waals surface area (Å²) in [5.41, 5.74) is 11.3. The topological polar surface area (TPSA) is 75.9 Å². The molecule has 2 atom stereocenters. The van der Waals surface area contributed by atoms with Crippen LogP contribution in [-0.4, -0.2) is 15.1 Å². The molecule has 2 unspecified atom stereocenters. The lowest BCUT2D eigenvalue weighted by atomic mass is 9.96. The van der Waals surface area contributed by atoms with Crippen molar-refractivity contribution in [2.75, 3.05) is 0 Å². The van der Waals surface area contributed by atoms with Gasteiger partial charge in [0.25, 0.3) is 0 Å². The number of nitrogens with one attached hydrogen (secondary N) is 2. The molecule has 0 radical (unpaired) electrons. The molecule has 1 saturated heterocycles. The molecular formula is C18H19N5O. The van der Waals surface area contributed by atoms with E-state index in [9.17, 15) is 0 Å². The van der Waals surface area contributed by atoms with Gasteiger partial charge < -0.3 is 4.52 Å². The van der Waals surface area contributed by atoms with E-state index >= 15 is 0 Å². The van der Waals surface area contributed by atoms with Gasteiger partial charge in [-0.2, -0.15) is 4.98 Å². The largest absolute Gasteiger partial charge is 0.337 e. The lowest BCUT2D eigenvalue weighted by Gasteiger charge is -2.13. The summed E-state index contributed by atoms with van der Waals surface area (Å²) in [7, 11) is 0. The Kier molecular flexibility index (Phi) is 3.84. The van der Waals surface area contributed by atoms with Gasteiger partial charge in [-0.1, -0.05) is 28.9 Å². The van der Waals surface area contributed by atoms with Crippen LogP contribution in [0.25, 0.3) is 11.4 Å². The molecule has 0 bridgehead atoms. The van der Waals surface area contributed by atoms with E-state index < -0.39 is 0 Å². The van der Waals surface area contributed by atoms with Gasteiger partial charge in [0.2, 0.25) is 11.7 Å². The maximum absolute atomic E-state index is 5.45. The summed E-state index contributed by atoms with van der Waals surface area (Å²) in [6.45, 7) is 4.25. The van der Waals surface area contributed by atoms with E-state index in [1.54, 1.807) is 12.4 Å². The second kappa shape index (κ2) is 6.14. The van der Waals surface area contributed by atoms with Gasteiger partial charge in [0.15, 0.2) is 0 Å². The van der Waals surface area contributed by atoms with Crippen molar-refractivity contribution in [1.82, 2.24) is 26.0 Å². The van der Waals surface area contributed by atoms with E-state index in [1.165, 1.54) is 16.7 Å². The van der Waals surface area contributed by atoms with Crippen molar-refractivity contribution in [3.05, 3.63) is 65.3 Å². The van der Waals surface area contributed by atoms with Crippen LogP contribution in [0.2, 0.25) is 0 Å². The van der Waals surface area contributed by atoms with Gasteiger partial charge in [0, 0.05) is 24.0 Å². The van der Waals surface area contributed by atoms with Crippen molar-refractivity contribution >= 4 is 0 Å². The van der Waals surface area contributed by atoms with Gasteiger partial charge in [-0.3, -0.25) is 4.98 Å². The molecule has 2 N–H and O–H groups in total. The third-order valence-electron chi connectivity index (χ3n) is 4.37. The first-order chi connectivity index (χ1) is 11.7. The van der Waals surface area contributed by atoms with Crippen LogP contribution in [0.1, 0.15) is 41.1 Å². The van der Waals surface area contributed by atoms with Crippen molar-refractivity contribution in [1.29, 1.82) is 0 Å². The summed E-state index contributed by atoms with van der Waals surface area (Å²) in [4.78, 5) is 8.60. The highest BCUT2D eigenvalue weighted by atomic mass is 16.5. The number of nitrogens with zero attached hydrogens (tertiary/aromatic N) is 3. The fourth-order valence-electron chi connectivity index (χ4n) is 3.05. The first-order valence-corrected chi connectivity index (χ1v) is 8.03. The molecular weight excluding hydrogens is 302 g/mol. The van der Waals surface area contributed by atoms with Crippen molar-refractivity contribution in [3.8, 4) is 11.4 Å². The number of benzene rings is 1. The maximum Gasteiger partial charge on any atom is 0.245 e. The summed E-state index contributed by atoms with van der Waals surface area (Å²) in [6, 6.07) is 10.5. The SMILES string of the molecule is Cc1ccc(C)c(C2CC(c3nc(-c4cccnc4)no3)NN2)c1. The highest BCUT2D eigenvalue weighted by molar-refractivity contribution is 5.51. The van der Waals surface area contributed by atoms with E-state index in [-0.39, 0.29) is 12.1 Å². The molecule has 1 aromatic carbocycles. The number of hydrazine groups is 1. The molecule has 6 nitrogen and oxygen atoms in total. The zero-order valence-corrected chi connectivity index (χ0v) is 13.7. The lowest BCUT2D eigenvalue weighted by Crippen LogP contribution is -2.27. The molecule has 1 fully saturated rings. The average molecular weight is 321 g/mol. The Balaban J connectivity index is 1.53. The monoisotopic (exact) mass is 321 g/mol. The van der Waals surface area contributed by atoms with E-state index in [4.69, 9.17) is 4.52 Å². The summed E-state index contributed by atoms with van der Waals surface area (Å²) in [6.07, 6.45) is 4.31. The third-order valence-corrected chi connectivity index (χ3v) is 4.37. The molecule has 3 aromatic rings. The predicted molar refractivity (Wildman–Crippen MR) is 89.8 cm³/mol. The second-order valence-electron chi connectivity index (χ2n) is 6.19. The predicted octanol–water partition coefficient (Wildman–Crippen LogP) is 3.03. The lowest BCUT2D eigenvalue weighted by molar-refractivity contribution is 0.340. The second-order valence-corrected chi connectivity index (χ2v) is 6.19. The van der Waals surface area contributed by atoms with Gasteiger partial charge in [0.1, 0.15) is 6.04 Å². The Morgan fingerprint density at radius 2 is 2.00 bits per heavy atom. The molecule has 6 heteroatoms. The molecule has 0 spiro atoms. The highest BCUT2D eigenvalue weighted by Gasteiger charge is 2.31. The van der Waals surface area contributed by atoms with Crippen LogP contribution in [0.3, 0.4) is 0 Å².